The Labute approximate surface area is 97.5 Å². The molecule has 1 heterocycles. The largest absolute Gasteiger partial charge is 0.349 e. The van der Waals surface area contributed by atoms with Gasteiger partial charge in [0.1, 0.15) is 0 Å². The van der Waals surface area contributed by atoms with Gasteiger partial charge in [-0.1, -0.05) is 18.9 Å². The summed E-state index contributed by atoms with van der Waals surface area (Å²) in [5.41, 5.74) is 7.33. The van der Waals surface area contributed by atoms with Crippen LogP contribution < -0.4 is 11.1 Å². The highest BCUT2D eigenvalue weighted by Crippen LogP contribution is 2.34. The summed E-state index contributed by atoms with van der Waals surface area (Å²) in [6.45, 7) is 2.19. The first-order valence-corrected chi connectivity index (χ1v) is 6.47. The van der Waals surface area contributed by atoms with Crippen LogP contribution >= 0.6 is 0 Å². The van der Waals surface area contributed by atoms with Crippen molar-refractivity contribution in [1.29, 1.82) is 0 Å². The molecule has 3 unspecified atom stereocenters. The fourth-order valence-corrected chi connectivity index (χ4v) is 2.94. The monoisotopic (exact) mass is 222 g/mol. The van der Waals surface area contributed by atoms with E-state index in [1.165, 1.54) is 18.4 Å². The summed E-state index contributed by atoms with van der Waals surface area (Å²) in [5.74, 6) is 0.644. The van der Waals surface area contributed by atoms with Gasteiger partial charge in [0.05, 0.1) is 0 Å². The zero-order valence-corrected chi connectivity index (χ0v) is 10.0. The first-order valence-electron chi connectivity index (χ1n) is 6.47. The number of carbonyl (C=O) groups is 1. The van der Waals surface area contributed by atoms with Crippen LogP contribution in [-0.2, 0) is 4.79 Å². The third kappa shape index (κ3) is 2.46. The van der Waals surface area contributed by atoms with Gasteiger partial charge in [0.25, 0.3) is 0 Å². The second-order valence-electron chi connectivity index (χ2n) is 5.12. The molecule has 2 aliphatic rings. The topological polar surface area (TPSA) is 55.1 Å². The predicted molar refractivity (Wildman–Crippen MR) is 64.9 cm³/mol. The van der Waals surface area contributed by atoms with Crippen LogP contribution in [-0.4, -0.2) is 18.0 Å². The molecule has 0 spiro atoms. The number of carbonyl (C=O) groups excluding carboxylic acids is 1. The van der Waals surface area contributed by atoms with E-state index in [0.29, 0.717) is 12.0 Å². The van der Waals surface area contributed by atoms with Crippen molar-refractivity contribution in [2.75, 3.05) is 0 Å². The molecule has 0 aromatic rings. The van der Waals surface area contributed by atoms with E-state index in [1.807, 2.05) is 6.08 Å². The normalized spacial score (nSPS) is 34.0. The molecule has 0 saturated heterocycles. The lowest BCUT2D eigenvalue weighted by atomic mass is 9.74. The molecule has 1 aliphatic carbocycles. The maximum atomic E-state index is 11.6. The van der Waals surface area contributed by atoms with Crippen LogP contribution in [0.2, 0.25) is 0 Å². The van der Waals surface area contributed by atoms with Crippen LogP contribution in [0.1, 0.15) is 45.4 Å². The average molecular weight is 222 g/mol. The maximum Gasteiger partial charge on any atom is 0.244 e. The molecule has 0 aromatic heterocycles. The van der Waals surface area contributed by atoms with Gasteiger partial charge >= 0.3 is 0 Å². The smallest absolute Gasteiger partial charge is 0.244 e. The molecule has 0 aromatic carbocycles. The van der Waals surface area contributed by atoms with Gasteiger partial charge in [0.2, 0.25) is 5.91 Å². The van der Waals surface area contributed by atoms with E-state index < -0.39 is 0 Å². The van der Waals surface area contributed by atoms with Crippen molar-refractivity contribution in [2.24, 2.45) is 11.7 Å². The molecule has 0 bridgehead atoms. The summed E-state index contributed by atoms with van der Waals surface area (Å²) in [6.07, 6.45) is 8.47. The Morgan fingerprint density at radius 3 is 3.06 bits per heavy atom. The predicted octanol–water partition coefficient (Wildman–Crippen LogP) is 1.73. The van der Waals surface area contributed by atoms with Crippen LogP contribution in [0.5, 0.6) is 0 Å². The second-order valence-corrected chi connectivity index (χ2v) is 5.12. The lowest BCUT2D eigenvalue weighted by Crippen LogP contribution is -2.50. The van der Waals surface area contributed by atoms with E-state index in [0.717, 1.165) is 25.7 Å². The van der Waals surface area contributed by atoms with Gasteiger partial charge < -0.3 is 11.1 Å². The van der Waals surface area contributed by atoms with Gasteiger partial charge in [0.15, 0.2) is 0 Å². The maximum absolute atomic E-state index is 11.6. The van der Waals surface area contributed by atoms with Crippen LogP contribution in [0.3, 0.4) is 0 Å². The summed E-state index contributed by atoms with van der Waals surface area (Å²) >= 11 is 0. The zero-order chi connectivity index (χ0) is 11.5. The molecule has 3 N–H and O–H groups in total. The highest BCUT2D eigenvalue weighted by molar-refractivity contribution is 5.89. The van der Waals surface area contributed by atoms with Gasteiger partial charge in [-0.2, -0.15) is 0 Å². The van der Waals surface area contributed by atoms with E-state index in [4.69, 9.17) is 5.73 Å². The van der Waals surface area contributed by atoms with Crippen molar-refractivity contribution in [3.63, 3.8) is 0 Å². The number of nitrogens with one attached hydrogen (secondary N) is 1. The van der Waals surface area contributed by atoms with Crippen LogP contribution in [0.25, 0.3) is 0 Å². The minimum Gasteiger partial charge on any atom is -0.349 e. The number of rotatable bonds is 3. The number of nitrogens with two attached hydrogens (primary N) is 1. The Morgan fingerprint density at radius 2 is 2.31 bits per heavy atom. The summed E-state index contributed by atoms with van der Waals surface area (Å²) in [6, 6.07) is 0.570. The molecular weight excluding hydrogens is 200 g/mol. The zero-order valence-electron chi connectivity index (χ0n) is 10.0. The number of hydrogen-bond acceptors (Lipinski definition) is 2. The molecule has 90 valence electrons. The highest BCUT2D eigenvalue weighted by atomic mass is 16.1. The Hall–Kier alpha value is -0.830. The SMILES string of the molecule is CCCCC1=CC(=O)NC2CC(N)CCC12. The molecule has 2 rings (SSSR count). The Kier molecular flexibility index (Phi) is 3.64. The summed E-state index contributed by atoms with van der Waals surface area (Å²) < 4.78 is 0. The fourth-order valence-electron chi connectivity index (χ4n) is 2.94. The summed E-state index contributed by atoms with van der Waals surface area (Å²) in [5, 5.41) is 3.06. The van der Waals surface area contributed by atoms with Crippen molar-refractivity contribution in [3.05, 3.63) is 11.6 Å². The summed E-state index contributed by atoms with van der Waals surface area (Å²) in [4.78, 5) is 11.6. The van der Waals surface area contributed by atoms with Crippen molar-refractivity contribution in [3.8, 4) is 0 Å². The van der Waals surface area contributed by atoms with Gasteiger partial charge in [-0.05, 0) is 32.1 Å². The molecule has 16 heavy (non-hydrogen) atoms. The fraction of sp³-hybridized carbons (Fsp3) is 0.769. The minimum atomic E-state index is 0.0847. The Morgan fingerprint density at radius 1 is 1.50 bits per heavy atom. The van der Waals surface area contributed by atoms with E-state index in [-0.39, 0.29) is 11.9 Å². The third-order valence-electron chi connectivity index (χ3n) is 3.83. The Bertz CT molecular complexity index is 298. The molecule has 1 saturated carbocycles. The quantitative estimate of drug-likeness (QED) is 0.764. The standard InChI is InChI=1S/C13H22N2O/c1-2-3-4-9-7-13(16)15-12-8-10(14)5-6-11(9)12/h7,10-12H,2-6,8,14H2,1H3,(H,15,16). The lowest BCUT2D eigenvalue weighted by molar-refractivity contribution is -0.118. The first kappa shape index (κ1) is 11.6. The van der Waals surface area contributed by atoms with Crippen LogP contribution in [0.15, 0.2) is 11.6 Å². The van der Waals surface area contributed by atoms with Crippen molar-refractivity contribution in [1.82, 2.24) is 5.32 Å². The van der Waals surface area contributed by atoms with Crippen molar-refractivity contribution >= 4 is 5.91 Å². The lowest BCUT2D eigenvalue weighted by Gasteiger charge is -2.39. The van der Waals surface area contributed by atoms with E-state index >= 15 is 0 Å². The number of hydrogen-bond donors (Lipinski definition) is 2. The third-order valence-corrected chi connectivity index (χ3v) is 3.83. The molecule has 3 heteroatoms. The van der Waals surface area contributed by atoms with E-state index in [1.54, 1.807) is 0 Å². The van der Waals surface area contributed by atoms with Crippen LogP contribution in [0.4, 0.5) is 0 Å². The van der Waals surface area contributed by atoms with Gasteiger partial charge in [-0.15, -0.1) is 0 Å². The first-order chi connectivity index (χ1) is 7.70. The summed E-state index contributed by atoms with van der Waals surface area (Å²) in [7, 11) is 0. The van der Waals surface area contributed by atoms with Gasteiger partial charge in [-0.25, -0.2) is 0 Å². The average Bonchev–Trinajstić information content (AvgIpc) is 2.25. The Balaban J connectivity index is 2.07. The molecule has 1 amide bonds. The van der Waals surface area contributed by atoms with Crippen LogP contribution in [0, 0.1) is 5.92 Å². The number of unbranched alkanes of at least 4 members (excludes halogenated alkanes) is 1. The molecule has 3 nitrogen and oxygen atoms in total. The molecule has 1 aliphatic heterocycles. The number of amides is 1. The van der Waals surface area contributed by atoms with E-state index in [9.17, 15) is 4.79 Å². The van der Waals surface area contributed by atoms with E-state index in [2.05, 4.69) is 12.2 Å². The molecule has 1 fully saturated rings. The van der Waals surface area contributed by atoms with Crippen molar-refractivity contribution < 1.29 is 4.79 Å². The number of fused-ring (bicyclic) bond motifs is 1. The van der Waals surface area contributed by atoms with Gasteiger partial charge in [0, 0.05) is 24.1 Å². The molecule has 0 radical (unpaired) electrons. The minimum absolute atomic E-state index is 0.0847. The van der Waals surface area contributed by atoms with Crippen molar-refractivity contribution in [2.45, 2.75) is 57.5 Å². The second kappa shape index (κ2) is 5.00. The molecule has 3 atom stereocenters. The highest BCUT2D eigenvalue weighted by Gasteiger charge is 2.34. The van der Waals surface area contributed by atoms with Gasteiger partial charge in [-0.3, -0.25) is 4.79 Å². The molecular formula is C13H22N2O.